The fourth-order valence-electron chi connectivity index (χ4n) is 1.58. The number of benzene rings is 2. The Morgan fingerprint density at radius 3 is 2.56 bits per heavy atom. The molecule has 0 aliphatic heterocycles. The molecule has 16 heavy (non-hydrogen) atoms. The highest BCUT2D eigenvalue weighted by Crippen LogP contribution is 2.27. The Bertz CT molecular complexity index is 576. The van der Waals surface area contributed by atoms with Crippen LogP contribution in [0.2, 0.25) is 0 Å². The van der Waals surface area contributed by atoms with Crippen molar-refractivity contribution in [3.05, 3.63) is 54.0 Å². The van der Waals surface area contributed by atoms with Gasteiger partial charge in [-0.1, -0.05) is 24.3 Å². The molecule has 2 rings (SSSR count). The molecule has 0 saturated carbocycles. The van der Waals surface area contributed by atoms with Crippen molar-refractivity contribution in [2.24, 2.45) is 0 Å². The van der Waals surface area contributed by atoms with Crippen LogP contribution in [-0.2, 0) is 0 Å². The van der Waals surface area contributed by atoms with Gasteiger partial charge >= 0.3 is 6.43 Å². The van der Waals surface area contributed by atoms with E-state index in [1.807, 2.05) is 0 Å². The molecule has 79 valence electrons. The molecule has 0 atom stereocenters. The van der Waals surface area contributed by atoms with Gasteiger partial charge in [0, 0.05) is 11.1 Å². The van der Waals surface area contributed by atoms with E-state index in [4.69, 9.17) is 0 Å². The maximum atomic E-state index is 12.6. The van der Waals surface area contributed by atoms with Gasteiger partial charge in [-0.3, -0.25) is 0 Å². The fraction of sp³-hybridized carbons (Fsp3) is 0. The van der Waals surface area contributed by atoms with Crippen LogP contribution in [0.5, 0.6) is 0 Å². The molecule has 0 N–H and O–H groups in total. The summed E-state index contributed by atoms with van der Waals surface area (Å²) in [6.45, 7) is 0. The summed E-state index contributed by atoms with van der Waals surface area (Å²) in [4.78, 5) is 0. The molecular weight excluding hydrogens is 213 g/mol. The van der Waals surface area contributed by atoms with Crippen molar-refractivity contribution in [1.29, 1.82) is 0 Å². The van der Waals surface area contributed by atoms with Crippen molar-refractivity contribution in [3.63, 3.8) is 0 Å². The first-order chi connectivity index (χ1) is 7.72. The number of hydrogen-bond acceptors (Lipinski definition) is 0. The lowest BCUT2D eigenvalue weighted by Gasteiger charge is -2.04. The van der Waals surface area contributed by atoms with E-state index in [2.05, 4.69) is 5.92 Å². The summed E-state index contributed by atoms with van der Waals surface area (Å²) < 4.78 is 36.9. The second-order valence-electron chi connectivity index (χ2n) is 3.22. The zero-order valence-electron chi connectivity index (χ0n) is 8.10. The Kier molecular flexibility index (Phi) is 2.82. The molecule has 1 radical (unpaired) electrons. The number of hydrogen-bond donors (Lipinski definition) is 0. The van der Waals surface area contributed by atoms with E-state index in [9.17, 15) is 13.2 Å². The molecule has 0 fully saturated rings. The maximum Gasteiger partial charge on any atom is 0.340 e. The van der Waals surface area contributed by atoms with Crippen LogP contribution >= 0.6 is 0 Å². The van der Waals surface area contributed by atoms with Gasteiger partial charge in [0.25, 0.3) is 0 Å². The first-order valence-corrected chi connectivity index (χ1v) is 4.55. The average Bonchev–Trinajstić information content (AvgIpc) is 2.28. The van der Waals surface area contributed by atoms with Crippen LogP contribution in [0, 0.1) is 18.5 Å². The van der Waals surface area contributed by atoms with E-state index in [0.717, 1.165) is 0 Å². The molecular formula is C13H6F3. The first-order valence-electron chi connectivity index (χ1n) is 4.55. The fourth-order valence-corrected chi connectivity index (χ4v) is 1.58. The van der Waals surface area contributed by atoms with E-state index in [0.29, 0.717) is 16.3 Å². The van der Waals surface area contributed by atoms with Gasteiger partial charge in [0.2, 0.25) is 0 Å². The lowest BCUT2D eigenvalue weighted by atomic mass is 10.0. The summed E-state index contributed by atoms with van der Waals surface area (Å²) in [6, 6.07) is 9.17. The Morgan fingerprint density at radius 2 is 1.88 bits per heavy atom. The molecule has 0 aliphatic rings. The summed E-state index contributed by atoms with van der Waals surface area (Å²) in [7, 11) is 0. The molecule has 2 aromatic carbocycles. The SMILES string of the molecule is FC#Cc1ccc2c([C](F)F)cccc2c1. The highest BCUT2D eigenvalue weighted by atomic mass is 19.3. The van der Waals surface area contributed by atoms with Gasteiger partial charge in [-0.15, -0.1) is 4.39 Å². The van der Waals surface area contributed by atoms with Crippen molar-refractivity contribution < 1.29 is 13.2 Å². The maximum absolute atomic E-state index is 12.6. The molecule has 2 aromatic rings. The molecule has 0 spiro atoms. The van der Waals surface area contributed by atoms with E-state index in [1.165, 1.54) is 30.4 Å². The van der Waals surface area contributed by atoms with E-state index in [-0.39, 0.29) is 5.56 Å². The van der Waals surface area contributed by atoms with Gasteiger partial charge < -0.3 is 0 Å². The molecule has 0 amide bonds. The molecule has 0 nitrogen and oxygen atoms in total. The number of rotatable bonds is 1. The number of halogens is 3. The second kappa shape index (κ2) is 4.28. The van der Waals surface area contributed by atoms with Crippen LogP contribution in [0.25, 0.3) is 10.8 Å². The standard InChI is InChI=1S/C13H6F3/c14-7-6-9-4-5-11-10(8-9)2-1-3-12(11)13(15)16/h1-5,8H. The van der Waals surface area contributed by atoms with Crippen LogP contribution in [0.4, 0.5) is 13.2 Å². The second-order valence-corrected chi connectivity index (χ2v) is 3.22. The predicted octanol–water partition coefficient (Wildman–Crippen LogP) is 3.89. The molecule has 0 aromatic heterocycles. The molecule has 3 heteroatoms. The third-order valence-corrected chi connectivity index (χ3v) is 2.28. The third kappa shape index (κ3) is 1.87. The highest BCUT2D eigenvalue weighted by molar-refractivity contribution is 5.88. The smallest absolute Gasteiger partial charge is 0.194 e. The molecule has 0 heterocycles. The topological polar surface area (TPSA) is 0 Å². The Morgan fingerprint density at radius 1 is 1.06 bits per heavy atom. The minimum Gasteiger partial charge on any atom is -0.194 e. The average molecular weight is 219 g/mol. The lowest BCUT2D eigenvalue weighted by Crippen LogP contribution is -1.87. The van der Waals surface area contributed by atoms with Crippen molar-refractivity contribution in [3.8, 4) is 12.1 Å². The van der Waals surface area contributed by atoms with Crippen LogP contribution in [-0.4, -0.2) is 0 Å². The van der Waals surface area contributed by atoms with Crippen molar-refractivity contribution >= 4 is 10.8 Å². The number of fused-ring (bicyclic) bond motifs is 1. The van der Waals surface area contributed by atoms with Crippen LogP contribution in [0.15, 0.2) is 36.4 Å². The van der Waals surface area contributed by atoms with Crippen LogP contribution in [0.3, 0.4) is 0 Å². The quantitative estimate of drug-likeness (QED) is 0.638. The molecule has 0 saturated heterocycles. The third-order valence-electron chi connectivity index (χ3n) is 2.28. The Balaban J connectivity index is 2.67. The molecule has 0 unspecified atom stereocenters. The molecule has 0 aliphatic carbocycles. The van der Waals surface area contributed by atoms with Crippen LogP contribution in [0.1, 0.15) is 11.1 Å². The summed E-state index contributed by atoms with van der Waals surface area (Å²) in [5.41, 5.74) is 0.365. The summed E-state index contributed by atoms with van der Waals surface area (Å²) in [5.74, 6) is 2.24. The predicted molar refractivity (Wildman–Crippen MR) is 56.5 cm³/mol. The van der Waals surface area contributed by atoms with Gasteiger partial charge in [0.1, 0.15) is 6.17 Å². The lowest BCUT2D eigenvalue weighted by molar-refractivity contribution is 0.326. The van der Waals surface area contributed by atoms with Gasteiger partial charge in [-0.2, -0.15) is 8.78 Å². The van der Waals surface area contributed by atoms with Gasteiger partial charge in [-0.25, -0.2) is 0 Å². The zero-order chi connectivity index (χ0) is 11.5. The van der Waals surface area contributed by atoms with Crippen molar-refractivity contribution in [1.82, 2.24) is 0 Å². The van der Waals surface area contributed by atoms with Crippen molar-refractivity contribution in [2.45, 2.75) is 0 Å². The van der Waals surface area contributed by atoms with Gasteiger partial charge in [0.15, 0.2) is 0 Å². The highest BCUT2D eigenvalue weighted by Gasteiger charge is 2.12. The summed E-state index contributed by atoms with van der Waals surface area (Å²) in [6.07, 6.45) is -0.444. The monoisotopic (exact) mass is 219 g/mol. The van der Waals surface area contributed by atoms with Crippen molar-refractivity contribution in [2.75, 3.05) is 0 Å². The normalized spacial score (nSPS) is 10.2. The summed E-state index contributed by atoms with van der Waals surface area (Å²) >= 11 is 0. The van der Waals surface area contributed by atoms with Gasteiger partial charge in [-0.05, 0) is 28.8 Å². The van der Waals surface area contributed by atoms with Gasteiger partial charge in [0.05, 0.1) is 0 Å². The minimum absolute atomic E-state index is 0.0998. The van der Waals surface area contributed by atoms with E-state index < -0.39 is 6.43 Å². The summed E-state index contributed by atoms with van der Waals surface area (Å²) in [5, 5.41) is 1.05. The largest absolute Gasteiger partial charge is 0.340 e. The minimum atomic E-state index is -1.73. The Labute approximate surface area is 90.7 Å². The van der Waals surface area contributed by atoms with E-state index in [1.54, 1.807) is 12.1 Å². The molecule has 0 bridgehead atoms. The first kappa shape index (κ1) is 10.6. The zero-order valence-corrected chi connectivity index (χ0v) is 8.10. The van der Waals surface area contributed by atoms with Crippen LogP contribution < -0.4 is 0 Å². The van der Waals surface area contributed by atoms with E-state index >= 15 is 0 Å². The Hall–Kier alpha value is -1.95.